The molecule has 100 valence electrons. The van der Waals surface area contributed by atoms with Gasteiger partial charge >= 0.3 is 0 Å². The van der Waals surface area contributed by atoms with Gasteiger partial charge in [0.25, 0.3) is 0 Å². The van der Waals surface area contributed by atoms with Crippen molar-refractivity contribution in [1.29, 1.82) is 0 Å². The van der Waals surface area contributed by atoms with Crippen LogP contribution in [0.25, 0.3) is 0 Å². The lowest BCUT2D eigenvalue weighted by Gasteiger charge is -2.06. The molecule has 0 fully saturated rings. The number of carbonyl (C=O) groups is 1. The number of hydrogen-bond donors (Lipinski definition) is 0. The summed E-state index contributed by atoms with van der Waals surface area (Å²) in [6, 6.07) is 4.77. The van der Waals surface area contributed by atoms with Crippen molar-refractivity contribution in [2.24, 2.45) is 0 Å². The Kier molecular flexibility index (Phi) is 7.28. The number of hydrogen-bond acceptors (Lipinski definition) is 3. The summed E-state index contributed by atoms with van der Waals surface area (Å²) in [5, 5.41) is 0.851. The van der Waals surface area contributed by atoms with E-state index >= 15 is 0 Å². The van der Waals surface area contributed by atoms with Crippen molar-refractivity contribution >= 4 is 29.0 Å². The maximum absolute atomic E-state index is 11.8. The fourth-order valence-corrected chi connectivity index (χ4v) is 1.84. The van der Waals surface area contributed by atoms with Gasteiger partial charge in [-0.2, -0.15) is 0 Å². The topological polar surface area (TPSA) is 35.5 Å². The maximum Gasteiger partial charge on any atom is 0.189 e. The fraction of sp³-hybridized carbons (Fsp3) is 0.462. The van der Waals surface area contributed by atoms with Crippen molar-refractivity contribution in [2.45, 2.75) is 13.3 Å². The molecular weight excluding hydrogens is 275 g/mol. The molecule has 1 rings (SSSR count). The highest BCUT2D eigenvalue weighted by Gasteiger charge is 2.10. The summed E-state index contributed by atoms with van der Waals surface area (Å²) in [6.07, 6.45) is 0.972. The van der Waals surface area contributed by atoms with Crippen LogP contribution in [0.4, 0.5) is 0 Å². The molecule has 0 aliphatic carbocycles. The number of Topliss-reactive ketones (excluding diaryl/α,β-unsaturated/α-hetero) is 1. The van der Waals surface area contributed by atoms with Crippen molar-refractivity contribution < 1.29 is 14.3 Å². The SMILES string of the molecule is CCCOCCOCC(=O)c1ccc(Cl)cc1Cl. The van der Waals surface area contributed by atoms with Gasteiger partial charge in [-0.1, -0.05) is 30.1 Å². The largest absolute Gasteiger partial charge is 0.379 e. The van der Waals surface area contributed by atoms with Crippen LogP contribution in [0.15, 0.2) is 18.2 Å². The van der Waals surface area contributed by atoms with Crippen LogP contribution < -0.4 is 0 Å². The predicted octanol–water partition coefficient (Wildman–Crippen LogP) is 3.62. The third-order valence-electron chi connectivity index (χ3n) is 2.19. The molecule has 0 heterocycles. The standard InChI is InChI=1S/C13H16Cl2O3/c1-2-5-17-6-7-18-9-13(16)11-4-3-10(14)8-12(11)15/h3-4,8H,2,5-7,9H2,1H3. The van der Waals surface area contributed by atoms with E-state index in [0.717, 1.165) is 6.42 Å². The van der Waals surface area contributed by atoms with Crippen molar-refractivity contribution in [3.05, 3.63) is 33.8 Å². The van der Waals surface area contributed by atoms with Crippen molar-refractivity contribution in [3.8, 4) is 0 Å². The Labute approximate surface area is 117 Å². The van der Waals surface area contributed by atoms with Gasteiger partial charge in [-0.3, -0.25) is 4.79 Å². The zero-order valence-electron chi connectivity index (χ0n) is 10.2. The molecule has 0 aromatic heterocycles. The molecule has 1 aromatic rings. The molecule has 1 aromatic carbocycles. The molecule has 18 heavy (non-hydrogen) atoms. The van der Waals surface area contributed by atoms with Crippen LogP contribution in [0.5, 0.6) is 0 Å². The first-order valence-electron chi connectivity index (χ1n) is 5.79. The summed E-state index contributed by atoms with van der Waals surface area (Å²) < 4.78 is 10.4. The Morgan fingerprint density at radius 3 is 2.56 bits per heavy atom. The summed E-state index contributed by atoms with van der Waals surface area (Å²) >= 11 is 11.7. The Bertz CT molecular complexity index is 394. The minimum Gasteiger partial charge on any atom is -0.379 e. The van der Waals surface area contributed by atoms with Crippen LogP contribution in [0.2, 0.25) is 10.0 Å². The van der Waals surface area contributed by atoms with Gasteiger partial charge in [0.1, 0.15) is 6.61 Å². The number of ketones is 1. The zero-order valence-corrected chi connectivity index (χ0v) is 11.8. The third-order valence-corrected chi connectivity index (χ3v) is 2.73. The van der Waals surface area contributed by atoms with Gasteiger partial charge in [-0.05, 0) is 24.6 Å². The molecule has 0 saturated carbocycles. The summed E-state index contributed by atoms with van der Waals surface area (Å²) in [6.45, 7) is 3.64. The minimum atomic E-state index is -0.160. The fourth-order valence-electron chi connectivity index (χ4n) is 1.32. The highest BCUT2D eigenvalue weighted by Crippen LogP contribution is 2.21. The lowest BCUT2D eigenvalue weighted by molar-refractivity contribution is 0.0441. The van der Waals surface area contributed by atoms with E-state index in [-0.39, 0.29) is 12.4 Å². The maximum atomic E-state index is 11.8. The van der Waals surface area contributed by atoms with E-state index in [4.69, 9.17) is 32.7 Å². The zero-order chi connectivity index (χ0) is 13.4. The van der Waals surface area contributed by atoms with E-state index in [1.165, 1.54) is 0 Å². The lowest BCUT2D eigenvalue weighted by atomic mass is 10.1. The molecule has 0 unspecified atom stereocenters. The summed E-state index contributed by atoms with van der Waals surface area (Å²) in [5.41, 5.74) is 0.426. The summed E-state index contributed by atoms with van der Waals surface area (Å²) in [7, 11) is 0. The summed E-state index contributed by atoms with van der Waals surface area (Å²) in [4.78, 5) is 11.8. The van der Waals surface area contributed by atoms with Gasteiger partial charge in [0.15, 0.2) is 5.78 Å². The van der Waals surface area contributed by atoms with Crippen molar-refractivity contribution in [3.63, 3.8) is 0 Å². The first kappa shape index (κ1) is 15.4. The van der Waals surface area contributed by atoms with E-state index in [9.17, 15) is 4.79 Å². The molecule has 3 nitrogen and oxygen atoms in total. The van der Waals surface area contributed by atoms with Crippen molar-refractivity contribution in [2.75, 3.05) is 26.4 Å². The van der Waals surface area contributed by atoms with Crippen LogP contribution in [0, 0.1) is 0 Å². The number of ether oxygens (including phenoxy) is 2. The summed E-state index contributed by atoms with van der Waals surface area (Å²) in [5.74, 6) is -0.160. The van der Waals surface area contributed by atoms with E-state index < -0.39 is 0 Å². The van der Waals surface area contributed by atoms with Gasteiger partial charge < -0.3 is 9.47 Å². The molecular formula is C13H16Cl2O3. The third kappa shape index (κ3) is 5.36. The van der Waals surface area contributed by atoms with Gasteiger partial charge in [0.05, 0.1) is 18.2 Å². The monoisotopic (exact) mass is 290 g/mol. The van der Waals surface area contributed by atoms with Crippen LogP contribution >= 0.6 is 23.2 Å². The second-order valence-electron chi connectivity index (χ2n) is 3.71. The first-order valence-corrected chi connectivity index (χ1v) is 6.54. The van der Waals surface area contributed by atoms with Crippen LogP contribution in [-0.4, -0.2) is 32.2 Å². The van der Waals surface area contributed by atoms with Crippen LogP contribution in [0.3, 0.4) is 0 Å². The highest BCUT2D eigenvalue weighted by atomic mass is 35.5. The molecule has 0 bridgehead atoms. The van der Waals surface area contributed by atoms with Gasteiger partial charge in [0.2, 0.25) is 0 Å². The number of benzene rings is 1. The first-order chi connectivity index (χ1) is 8.65. The van der Waals surface area contributed by atoms with Crippen molar-refractivity contribution in [1.82, 2.24) is 0 Å². The Balaban J connectivity index is 2.32. The molecule has 0 N–H and O–H groups in total. The smallest absolute Gasteiger partial charge is 0.189 e. The molecule has 0 aliphatic rings. The molecule has 0 amide bonds. The Morgan fingerprint density at radius 1 is 1.17 bits per heavy atom. The van der Waals surface area contributed by atoms with E-state index in [1.807, 2.05) is 6.92 Å². The second-order valence-corrected chi connectivity index (χ2v) is 4.56. The second kappa shape index (κ2) is 8.48. The molecule has 5 heteroatoms. The number of carbonyl (C=O) groups excluding carboxylic acids is 1. The van der Waals surface area contributed by atoms with Gasteiger partial charge in [0, 0.05) is 17.2 Å². The van der Waals surface area contributed by atoms with Gasteiger partial charge in [-0.25, -0.2) is 0 Å². The molecule has 0 aliphatic heterocycles. The normalized spacial score (nSPS) is 10.6. The average molecular weight is 291 g/mol. The number of rotatable bonds is 8. The lowest BCUT2D eigenvalue weighted by Crippen LogP contribution is -2.13. The minimum absolute atomic E-state index is 0.00314. The highest BCUT2D eigenvalue weighted by molar-refractivity contribution is 6.36. The number of halogens is 2. The molecule has 0 radical (unpaired) electrons. The quantitative estimate of drug-likeness (QED) is 0.542. The Morgan fingerprint density at radius 2 is 1.89 bits per heavy atom. The molecule has 0 atom stereocenters. The van der Waals surface area contributed by atoms with Crippen LogP contribution in [0.1, 0.15) is 23.7 Å². The predicted molar refractivity (Wildman–Crippen MR) is 72.7 cm³/mol. The van der Waals surface area contributed by atoms with E-state index in [1.54, 1.807) is 18.2 Å². The Hall–Kier alpha value is -0.610. The molecule has 0 spiro atoms. The average Bonchev–Trinajstić information content (AvgIpc) is 2.33. The van der Waals surface area contributed by atoms with E-state index in [0.29, 0.717) is 35.4 Å². The van der Waals surface area contributed by atoms with Crippen LogP contribution in [-0.2, 0) is 9.47 Å². The molecule has 0 saturated heterocycles. The van der Waals surface area contributed by atoms with E-state index in [2.05, 4.69) is 0 Å². The van der Waals surface area contributed by atoms with Gasteiger partial charge in [-0.15, -0.1) is 0 Å².